The number of aromatic nitrogens is 7. The van der Waals surface area contributed by atoms with E-state index >= 15 is 0 Å². The molecule has 8 heteroatoms. The van der Waals surface area contributed by atoms with Crippen molar-refractivity contribution in [3.63, 3.8) is 0 Å². The fourth-order valence-electron chi connectivity index (χ4n) is 3.47. The number of hydrogen-bond acceptors (Lipinski definition) is 5. The molecule has 0 amide bonds. The highest BCUT2D eigenvalue weighted by atomic mass is 16.1. The largest absolute Gasteiger partial charge is 0.348 e. The molecule has 5 aromatic rings. The van der Waals surface area contributed by atoms with Crippen LogP contribution < -0.4 is 5.56 Å². The molecule has 28 heavy (non-hydrogen) atoms. The lowest BCUT2D eigenvalue weighted by atomic mass is 10.1. The van der Waals surface area contributed by atoms with Crippen LogP contribution in [0.2, 0.25) is 0 Å². The molecule has 8 nitrogen and oxygen atoms in total. The summed E-state index contributed by atoms with van der Waals surface area (Å²) in [5, 5.41) is 13.2. The number of benzene rings is 1. The van der Waals surface area contributed by atoms with E-state index in [4.69, 9.17) is 0 Å². The zero-order chi connectivity index (χ0) is 19.1. The molecule has 0 aliphatic carbocycles. The SMILES string of the molecule is Cc1nn2c(nnc3c(=O)n(CCc4cnc[nH]4)ccc32)c1-c1ccccc1. The van der Waals surface area contributed by atoms with Crippen molar-refractivity contribution in [2.75, 3.05) is 0 Å². The van der Waals surface area contributed by atoms with Gasteiger partial charge in [0.1, 0.15) is 5.52 Å². The number of aryl methyl sites for hydroxylation is 3. The van der Waals surface area contributed by atoms with Gasteiger partial charge in [-0.25, -0.2) is 9.50 Å². The van der Waals surface area contributed by atoms with Crippen molar-refractivity contribution in [2.24, 2.45) is 0 Å². The van der Waals surface area contributed by atoms with Gasteiger partial charge in [0.25, 0.3) is 5.56 Å². The van der Waals surface area contributed by atoms with Gasteiger partial charge in [-0.2, -0.15) is 5.10 Å². The standard InChI is InChI=1S/C20H17N7O/c1-13-17(14-5-3-2-4-6-14)19-24-23-18-16(27(19)25-13)8-10-26(20(18)28)9-7-15-11-21-12-22-15/h2-6,8,10-12H,7,9H2,1H3,(H,21,22). The van der Waals surface area contributed by atoms with Crippen molar-refractivity contribution in [3.05, 3.63) is 76.9 Å². The maximum atomic E-state index is 12.9. The van der Waals surface area contributed by atoms with E-state index in [1.54, 1.807) is 27.8 Å². The Balaban J connectivity index is 1.63. The summed E-state index contributed by atoms with van der Waals surface area (Å²) in [5.74, 6) is 0. The van der Waals surface area contributed by atoms with E-state index in [9.17, 15) is 4.79 Å². The Bertz CT molecular complexity index is 1330. The average molecular weight is 371 g/mol. The summed E-state index contributed by atoms with van der Waals surface area (Å²) >= 11 is 0. The van der Waals surface area contributed by atoms with Crippen molar-refractivity contribution in [1.82, 2.24) is 34.3 Å². The van der Waals surface area contributed by atoms with Crippen LogP contribution in [-0.2, 0) is 13.0 Å². The number of pyridine rings is 1. The van der Waals surface area contributed by atoms with E-state index in [0.29, 0.717) is 29.6 Å². The van der Waals surface area contributed by atoms with Crippen molar-refractivity contribution >= 4 is 16.7 Å². The topological polar surface area (TPSA) is 93.8 Å². The number of imidazole rings is 1. The van der Waals surface area contributed by atoms with Crippen molar-refractivity contribution in [3.8, 4) is 11.1 Å². The Morgan fingerprint density at radius 3 is 2.75 bits per heavy atom. The summed E-state index contributed by atoms with van der Waals surface area (Å²) in [7, 11) is 0. The molecule has 0 aliphatic heterocycles. The third-order valence-electron chi connectivity index (χ3n) is 4.87. The van der Waals surface area contributed by atoms with Crippen LogP contribution in [0, 0.1) is 6.92 Å². The summed E-state index contributed by atoms with van der Waals surface area (Å²) in [4.78, 5) is 19.9. The van der Waals surface area contributed by atoms with Gasteiger partial charge < -0.3 is 9.55 Å². The second kappa shape index (κ2) is 6.41. The van der Waals surface area contributed by atoms with Gasteiger partial charge >= 0.3 is 0 Å². The summed E-state index contributed by atoms with van der Waals surface area (Å²) in [6.45, 7) is 2.47. The van der Waals surface area contributed by atoms with Crippen LogP contribution in [0.5, 0.6) is 0 Å². The quantitative estimate of drug-likeness (QED) is 0.523. The van der Waals surface area contributed by atoms with Gasteiger partial charge in [0, 0.05) is 31.1 Å². The van der Waals surface area contributed by atoms with Crippen LogP contribution in [0.15, 0.2) is 59.9 Å². The lowest BCUT2D eigenvalue weighted by Gasteiger charge is -2.07. The second-order valence-corrected chi connectivity index (χ2v) is 6.64. The molecule has 4 aromatic heterocycles. The minimum atomic E-state index is -0.180. The molecule has 0 fully saturated rings. The van der Waals surface area contributed by atoms with Crippen molar-refractivity contribution < 1.29 is 0 Å². The van der Waals surface area contributed by atoms with Crippen molar-refractivity contribution in [2.45, 2.75) is 19.9 Å². The monoisotopic (exact) mass is 371 g/mol. The number of aromatic amines is 1. The van der Waals surface area contributed by atoms with Gasteiger partial charge in [-0.05, 0) is 18.6 Å². The Labute approximate surface area is 159 Å². The van der Waals surface area contributed by atoms with Gasteiger partial charge in [0.15, 0.2) is 11.2 Å². The van der Waals surface area contributed by atoms with E-state index < -0.39 is 0 Å². The molecule has 0 unspecified atom stereocenters. The first-order valence-electron chi connectivity index (χ1n) is 9.00. The molecule has 4 heterocycles. The molecule has 0 spiro atoms. The highest BCUT2D eigenvalue weighted by molar-refractivity contribution is 5.84. The molecule has 0 saturated carbocycles. The van der Waals surface area contributed by atoms with Crippen LogP contribution in [0.25, 0.3) is 27.8 Å². The Hall–Kier alpha value is -3.81. The third-order valence-corrected chi connectivity index (χ3v) is 4.87. The summed E-state index contributed by atoms with van der Waals surface area (Å²) in [6.07, 6.45) is 5.85. The maximum absolute atomic E-state index is 12.9. The summed E-state index contributed by atoms with van der Waals surface area (Å²) in [6, 6.07) is 11.8. The zero-order valence-corrected chi connectivity index (χ0v) is 15.2. The Kier molecular flexibility index (Phi) is 3.75. The minimum absolute atomic E-state index is 0.180. The number of nitrogens with zero attached hydrogens (tertiary/aromatic N) is 6. The predicted octanol–water partition coefficient (Wildman–Crippen LogP) is 2.38. The molecule has 5 rings (SSSR count). The van der Waals surface area contributed by atoms with Gasteiger partial charge in [-0.15, -0.1) is 10.2 Å². The molecule has 0 atom stereocenters. The van der Waals surface area contributed by atoms with Gasteiger partial charge in [0.2, 0.25) is 0 Å². The maximum Gasteiger partial charge on any atom is 0.280 e. The number of H-pyrrole nitrogens is 1. The van der Waals surface area contributed by atoms with Gasteiger partial charge in [0.05, 0.1) is 17.6 Å². The highest BCUT2D eigenvalue weighted by Gasteiger charge is 2.17. The zero-order valence-electron chi connectivity index (χ0n) is 15.2. The molecule has 0 bridgehead atoms. The van der Waals surface area contributed by atoms with Crippen molar-refractivity contribution in [1.29, 1.82) is 0 Å². The van der Waals surface area contributed by atoms with E-state index in [-0.39, 0.29) is 5.56 Å². The normalized spacial score (nSPS) is 11.5. The molecule has 0 radical (unpaired) electrons. The number of nitrogens with one attached hydrogen (secondary N) is 1. The van der Waals surface area contributed by atoms with Crippen LogP contribution in [0.1, 0.15) is 11.4 Å². The molecule has 1 N–H and O–H groups in total. The van der Waals surface area contributed by atoms with Crippen LogP contribution in [0.3, 0.4) is 0 Å². The van der Waals surface area contributed by atoms with E-state index in [1.807, 2.05) is 43.3 Å². The first-order chi connectivity index (χ1) is 13.7. The van der Waals surface area contributed by atoms with Gasteiger partial charge in [-0.1, -0.05) is 30.3 Å². The highest BCUT2D eigenvalue weighted by Crippen LogP contribution is 2.27. The molecule has 138 valence electrons. The molecule has 0 aliphatic rings. The fourth-order valence-corrected chi connectivity index (χ4v) is 3.47. The van der Waals surface area contributed by atoms with E-state index in [1.165, 1.54) is 0 Å². The van der Waals surface area contributed by atoms with E-state index in [0.717, 1.165) is 22.5 Å². The molecular formula is C20H17N7O. The van der Waals surface area contributed by atoms with E-state index in [2.05, 4.69) is 25.3 Å². The third kappa shape index (κ3) is 2.58. The Morgan fingerprint density at radius 1 is 1.11 bits per heavy atom. The molecule has 0 saturated heterocycles. The average Bonchev–Trinajstić information content (AvgIpc) is 3.35. The molecule has 1 aromatic carbocycles. The fraction of sp³-hybridized carbons (Fsp3) is 0.150. The second-order valence-electron chi connectivity index (χ2n) is 6.64. The smallest absolute Gasteiger partial charge is 0.280 e. The number of hydrogen-bond donors (Lipinski definition) is 1. The lowest BCUT2D eigenvalue weighted by molar-refractivity contribution is 0.664. The number of fused-ring (bicyclic) bond motifs is 3. The predicted molar refractivity (Wildman–Crippen MR) is 105 cm³/mol. The summed E-state index contributed by atoms with van der Waals surface area (Å²) in [5.41, 5.74) is 5.20. The summed E-state index contributed by atoms with van der Waals surface area (Å²) < 4.78 is 3.35. The van der Waals surface area contributed by atoms with Crippen LogP contribution >= 0.6 is 0 Å². The Morgan fingerprint density at radius 2 is 1.96 bits per heavy atom. The van der Waals surface area contributed by atoms with Crippen LogP contribution in [0.4, 0.5) is 0 Å². The van der Waals surface area contributed by atoms with Gasteiger partial charge in [-0.3, -0.25) is 4.79 Å². The van der Waals surface area contributed by atoms with Crippen LogP contribution in [-0.4, -0.2) is 34.3 Å². The first-order valence-corrected chi connectivity index (χ1v) is 9.00. The lowest BCUT2D eigenvalue weighted by Crippen LogP contribution is -2.22. The first kappa shape index (κ1) is 16.4. The molecular weight excluding hydrogens is 354 g/mol. The number of rotatable bonds is 4. The minimum Gasteiger partial charge on any atom is -0.348 e.